The van der Waals surface area contributed by atoms with Crippen LogP contribution < -0.4 is 15.5 Å². The predicted molar refractivity (Wildman–Crippen MR) is 99.4 cm³/mol. The fraction of sp³-hybridized carbons (Fsp3) is 0.300. The Bertz CT molecular complexity index is 746. The summed E-state index contributed by atoms with van der Waals surface area (Å²) in [4.78, 5) is 26.0. The predicted octanol–water partition coefficient (Wildman–Crippen LogP) is 2.93. The Morgan fingerprint density at radius 2 is 1.96 bits per heavy atom. The van der Waals surface area contributed by atoms with Gasteiger partial charge in [0.05, 0.1) is 0 Å². The van der Waals surface area contributed by atoms with Crippen LogP contribution in [0.5, 0.6) is 0 Å². The van der Waals surface area contributed by atoms with E-state index >= 15 is 0 Å². The molecule has 0 bridgehead atoms. The van der Waals surface area contributed by atoms with Crippen molar-refractivity contribution in [1.29, 1.82) is 0 Å². The van der Waals surface area contributed by atoms with E-state index in [1.54, 1.807) is 4.90 Å². The van der Waals surface area contributed by atoms with E-state index in [9.17, 15) is 9.59 Å². The van der Waals surface area contributed by atoms with Crippen LogP contribution in [0.4, 0.5) is 11.4 Å². The summed E-state index contributed by atoms with van der Waals surface area (Å²) in [6.45, 7) is 3.09. The van der Waals surface area contributed by atoms with Crippen molar-refractivity contribution in [2.24, 2.45) is 0 Å². The van der Waals surface area contributed by atoms with Gasteiger partial charge in [0.15, 0.2) is 0 Å². The number of nitrogens with one attached hydrogen (secondary N) is 2. The second-order valence-electron chi connectivity index (χ2n) is 6.27. The molecule has 1 heterocycles. The van der Waals surface area contributed by atoms with Crippen LogP contribution in [0.2, 0.25) is 0 Å². The number of anilines is 2. The van der Waals surface area contributed by atoms with E-state index in [1.807, 2.05) is 61.5 Å². The van der Waals surface area contributed by atoms with Gasteiger partial charge in [0.25, 0.3) is 0 Å². The number of benzene rings is 2. The van der Waals surface area contributed by atoms with Crippen LogP contribution in [-0.2, 0) is 16.1 Å². The monoisotopic (exact) mass is 337 g/mol. The number of carbonyl (C=O) groups excluding carboxylic acids is 2. The largest absolute Gasteiger partial charge is 0.374 e. The van der Waals surface area contributed by atoms with E-state index in [1.165, 1.54) is 0 Å². The Labute approximate surface area is 148 Å². The summed E-state index contributed by atoms with van der Waals surface area (Å²) in [6.07, 6.45) is 1.50. The molecule has 1 atom stereocenters. The Morgan fingerprint density at radius 1 is 1.16 bits per heavy atom. The maximum Gasteiger partial charge on any atom is 0.242 e. The van der Waals surface area contributed by atoms with Crippen molar-refractivity contribution in [3.63, 3.8) is 0 Å². The van der Waals surface area contributed by atoms with Gasteiger partial charge in [-0.25, -0.2) is 0 Å². The Hall–Kier alpha value is -2.82. The summed E-state index contributed by atoms with van der Waals surface area (Å²) in [7, 11) is 0. The number of carbonyl (C=O) groups is 2. The summed E-state index contributed by atoms with van der Waals surface area (Å²) in [5, 5.41) is 6.14. The van der Waals surface area contributed by atoms with Crippen LogP contribution in [0.3, 0.4) is 0 Å². The third kappa shape index (κ3) is 4.38. The molecule has 0 aliphatic carbocycles. The lowest BCUT2D eigenvalue weighted by Crippen LogP contribution is -2.37. The molecular weight excluding hydrogens is 314 g/mol. The highest BCUT2D eigenvalue weighted by Crippen LogP contribution is 2.24. The third-order valence-corrected chi connectivity index (χ3v) is 4.32. The van der Waals surface area contributed by atoms with Gasteiger partial charge in [-0.1, -0.05) is 36.4 Å². The third-order valence-electron chi connectivity index (χ3n) is 4.32. The molecule has 2 aromatic carbocycles. The van der Waals surface area contributed by atoms with Crippen LogP contribution in [-0.4, -0.2) is 24.4 Å². The Balaban J connectivity index is 1.57. The molecule has 1 saturated heterocycles. The number of amides is 2. The molecule has 0 radical (unpaired) electrons. The highest BCUT2D eigenvalue weighted by Gasteiger charge is 2.22. The topological polar surface area (TPSA) is 61.4 Å². The van der Waals surface area contributed by atoms with Crippen LogP contribution in [0.1, 0.15) is 25.3 Å². The van der Waals surface area contributed by atoms with Crippen LogP contribution in [0, 0.1) is 0 Å². The number of hydrogen-bond acceptors (Lipinski definition) is 3. The average Bonchev–Trinajstić information content (AvgIpc) is 3.06. The SMILES string of the molecule is CC(Nc1cccc(N2CCCC2=O)c1)C(=O)NCc1ccccc1. The van der Waals surface area contributed by atoms with E-state index in [-0.39, 0.29) is 17.9 Å². The zero-order valence-electron chi connectivity index (χ0n) is 14.4. The first-order valence-corrected chi connectivity index (χ1v) is 8.62. The average molecular weight is 337 g/mol. The standard InChI is InChI=1S/C20H23N3O2/c1-15(20(25)21-14-16-7-3-2-4-8-16)22-17-9-5-10-18(13-17)23-12-6-11-19(23)24/h2-5,7-10,13,15,22H,6,11-12,14H2,1H3,(H,21,25). The van der Waals surface area contributed by atoms with E-state index in [0.29, 0.717) is 13.0 Å². The first-order valence-electron chi connectivity index (χ1n) is 8.62. The van der Waals surface area contributed by atoms with Gasteiger partial charge in [0.2, 0.25) is 11.8 Å². The molecule has 1 unspecified atom stereocenters. The molecule has 1 fully saturated rings. The minimum atomic E-state index is -0.367. The van der Waals surface area contributed by atoms with Crippen molar-refractivity contribution in [3.05, 3.63) is 60.2 Å². The van der Waals surface area contributed by atoms with E-state index in [4.69, 9.17) is 0 Å². The molecule has 0 aromatic heterocycles. The van der Waals surface area contributed by atoms with Gasteiger partial charge >= 0.3 is 0 Å². The summed E-state index contributed by atoms with van der Waals surface area (Å²) in [5.74, 6) is 0.0947. The molecule has 25 heavy (non-hydrogen) atoms. The molecule has 1 aliphatic heterocycles. The molecule has 5 nitrogen and oxygen atoms in total. The first kappa shape index (κ1) is 17.0. The molecule has 2 N–H and O–H groups in total. The van der Waals surface area contributed by atoms with Gasteiger partial charge in [0.1, 0.15) is 6.04 Å². The summed E-state index contributed by atoms with van der Waals surface area (Å²) >= 11 is 0. The molecule has 2 amide bonds. The number of rotatable bonds is 6. The number of hydrogen-bond donors (Lipinski definition) is 2. The summed E-state index contributed by atoms with van der Waals surface area (Å²) < 4.78 is 0. The highest BCUT2D eigenvalue weighted by molar-refractivity contribution is 5.95. The van der Waals surface area contributed by atoms with Crippen LogP contribution in [0.25, 0.3) is 0 Å². The quantitative estimate of drug-likeness (QED) is 0.852. The van der Waals surface area contributed by atoms with Gasteiger partial charge < -0.3 is 15.5 Å². The Kier molecular flexibility index (Phi) is 5.33. The maximum atomic E-state index is 12.3. The zero-order chi connectivity index (χ0) is 17.6. The fourth-order valence-corrected chi connectivity index (χ4v) is 2.94. The minimum Gasteiger partial charge on any atom is -0.374 e. The van der Waals surface area contributed by atoms with Crippen molar-refractivity contribution in [3.8, 4) is 0 Å². The molecule has 0 saturated carbocycles. The van der Waals surface area contributed by atoms with Gasteiger partial charge in [-0.05, 0) is 37.1 Å². The van der Waals surface area contributed by atoms with E-state index < -0.39 is 0 Å². The Morgan fingerprint density at radius 3 is 2.68 bits per heavy atom. The van der Waals surface area contributed by atoms with Crippen LogP contribution in [0.15, 0.2) is 54.6 Å². The van der Waals surface area contributed by atoms with E-state index in [0.717, 1.165) is 29.9 Å². The summed E-state index contributed by atoms with van der Waals surface area (Å²) in [5.41, 5.74) is 2.78. The van der Waals surface area contributed by atoms with Crippen molar-refractivity contribution >= 4 is 23.2 Å². The fourth-order valence-electron chi connectivity index (χ4n) is 2.94. The lowest BCUT2D eigenvalue weighted by atomic mass is 10.2. The second kappa shape index (κ2) is 7.83. The van der Waals surface area contributed by atoms with Crippen molar-refractivity contribution in [2.45, 2.75) is 32.4 Å². The molecule has 2 aromatic rings. The molecule has 130 valence electrons. The normalized spacial score (nSPS) is 15.1. The van der Waals surface area contributed by atoms with Gasteiger partial charge in [-0.3, -0.25) is 9.59 Å². The smallest absolute Gasteiger partial charge is 0.242 e. The van der Waals surface area contributed by atoms with Crippen molar-refractivity contribution in [1.82, 2.24) is 5.32 Å². The molecule has 3 rings (SSSR count). The van der Waals surface area contributed by atoms with Crippen molar-refractivity contribution < 1.29 is 9.59 Å². The second-order valence-corrected chi connectivity index (χ2v) is 6.27. The van der Waals surface area contributed by atoms with Gasteiger partial charge in [-0.15, -0.1) is 0 Å². The van der Waals surface area contributed by atoms with Gasteiger partial charge in [0, 0.05) is 30.9 Å². The maximum absolute atomic E-state index is 12.3. The lowest BCUT2D eigenvalue weighted by molar-refractivity contribution is -0.121. The van der Waals surface area contributed by atoms with Gasteiger partial charge in [-0.2, -0.15) is 0 Å². The first-order chi connectivity index (χ1) is 12.1. The summed E-state index contributed by atoms with van der Waals surface area (Å²) in [6, 6.07) is 17.1. The minimum absolute atomic E-state index is 0.0634. The van der Waals surface area contributed by atoms with Crippen LogP contribution >= 0.6 is 0 Å². The lowest BCUT2D eigenvalue weighted by Gasteiger charge is -2.19. The molecule has 5 heteroatoms. The van der Waals surface area contributed by atoms with Crippen molar-refractivity contribution in [2.75, 3.05) is 16.8 Å². The molecule has 0 spiro atoms. The molecular formula is C20H23N3O2. The highest BCUT2D eigenvalue weighted by atomic mass is 16.2. The number of nitrogens with zero attached hydrogens (tertiary/aromatic N) is 1. The van der Waals surface area contributed by atoms with E-state index in [2.05, 4.69) is 10.6 Å². The molecule has 1 aliphatic rings. The zero-order valence-corrected chi connectivity index (χ0v) is 14.4.